The number of rotatable bonds is 2. The highest BCUT2D eigenvalue weighted by atomic mass is 35.5. The Labute approximate surface area is 117 Å². The number of hydrogen-bond donors (Lipinski definition) is 1. The molecule has 2 heterocycles. The molecule has 2 fully saturated rings. The van der Waals surface area contributed by atoms with E-state index in [9.17, 15) is 0 Å². The third-order valence-electron chi connectivity index (χ3n) is 3.76. The molecule has 0 saturated carbocycles. The highest BCUT2D eigenvalue weighted by molar-refractivity contribution is 6.32. The summed E-state index contributed by atoms with van der Waals surface area (Å²) in [6.45, 7) is 2.15. The minimum atomic E-state index is -0.150. The summed E-state index contributed by atoms with van der Waals surface area (Å²) in [5, 5.41) is 0.559. The van der Waals surface area contributed by atoms with E-state index in [1.807, 2.05) is 6.07 Å². The molecule has 19 heavy (non-hydrogen) atoms. The topological polar surface area (TPSA) is 53.7 Å². The van der Waals surface area contributed by atoms with Gasteiger partial charge in [0.25, 0.3) is 0 Å². The summed E-state index contributed by atoms with van der Waals surface area (Å²) in [7, 11) is 0. The first kappa shape index (κ1) is 13.0. The zero-order valence-electron chi connectivity index (χ0n) is 10.7. The number of nitrogen functional groups attached to an aromatic ring is 1. The van der Waals surface area contributed by atoms with E-state index in [2.05, 4.69) is 0 Å². The Kier molecular flexibility index (Phi) is 3.56. The summed E-state index contributed by atoms with van der Waals surface area (Å²) in [6, 6.07) is 5.34. The largest absolute Gasteiger partial charge is 0.489 e. The molecule has 0 bridgehead atoms. The SMILES string of the molecule is Nc1ccc(OC2CCOC3(CCOC3)C2)c(Cl)c1. The lowest BCUT2D eigenvalue weighted by atomic mass is 9.91. The maximum Gasteiger partial charge on any atom is 0.138 e. The smallest absolute Gasteiger partial charge is 0.138 e. The van der Waals surface area contributed by atoms with Crippen LogP contribution in [0.5, 0.6) is 5.75 Å². The molecule has 1 spiro atoms. The molecule has 1 aromatic rings. The molecule has 0 radical (unpaired) electrons. The van der Waals surface area contributed by atoms with Gasteiger partial charge >= 0.3 is 0 Å². The Balaban J connectivity index is 1.69. The summed E-state index contributed by atoms with van der Waals surface area (Å²) in [6.07, 6.45) is 2.80. The Morgan fingerprint density at radius 1 is 1.37 bits per heavy atom. The van der Waals surface area contributed by atoms with Crippen molar-refractivity contribution >= 4 is 17.3 Å². The molecule has 2 saturated heterocycles. The average Bonchev–Trinajstić information content (AvgIpc) is 2.81. The van der Waals surface area contributed by atoms with Crippen LogP contribution >= 0.6 is 11.6 Å². The van der Waals surface area contributed by atoms with E-state index in [4.69, 9.17) is 31.5 Å². The molecule has 1 aromatic carbocycles. The maximum atomic E-state index is 6.14. The van der Waals surface area contributed by atoms with Crippen molar-refractivity contribution in [2.75, 3.05) is 25.6 Å². The van der Waals surface area contributed by atoms with Crippen LogP contribution in [0.2, 0.25) is 5.02 Å². The quantitative estimate of drug-likeness (QED) is 0.848. The molecule has 3 rings (SSSR count). The monoisotopic (exact) mass is 283 g/mol. The minimum Gasteiger partial charge on any atom is -0.489 e. The highest BCUT2D eigenvalue weighted by Gasteiger charge is 2.41. The molecule has 0 aromatic heterocycles. The lowest BCUT2D eigenvalue weighted by Crippen LogP contribution is -2.44. The van der Waals surface area contributed by atoms with Crippen molar-refractivity contribution in [1.82, 2.24) is 0 Å². The van der Waals surface area contributed by atoms with Gasteiger partial charge in [0.1, 0.15) is 11.9 Å². The van der Waals surface area contributed by atoms with Crippen LogP contribution in [0.1, 0.15) is 19.3 Å². The van der Waals surface area contributed by atoms with Gasteiger partial charge in [-0.15, -0.1) is 0 Å². The number of anilines is 1. The number of nitrogens with two attached hydrogens (primary N) is 1. The standard InChI is InChI=1S/C14H18ClNO3/c15-12-7-10(16)1-2-13(12)19-11-3-5-18-14(8-11)4-6-17-9-14/h1-2,7,11H,3-6,8-9,16H2. The Bertz CT molecular complexity index is 460. The molecular weight excluding hydrogens is 266 g/mol. The fourth-order valence-corrected chi connectivity index (χ4v) is 2.97. The van der Waals surface area contributed by atoms with Gasteiger partial charge in [0.05, 0.1) is 23.8 Å². The fraction of sp³-hybridized carbons (Fsp3) is 0.571. The molecule has 0 amide bonds. The second-order valence-electron chi connectivity index (χ2n) is 5.26. The third kappa shape index (κ3) is 2.81. The summed E-state index contributed by atoms with van der Waals surface area (Å²) >= 11 is 6.14. The van der Waals surface area contributed by atoms with Gasteiger partial charge in [-0.2, -0.15) is 0 Å². The van der Waals surface area contributed by atoms with Gasteiger partial charge in [-0.25, -0.2) is 0 Å². The first-order chi connectivity index (χ1) is 9.17. The number of ether oxygens (including phenoxy) is 3. The van der Waals surface area contributed by atoms with Gasteiger partial charge in [0.2, 0.25) is 0 Å². The normalized spacial score (nSPS) is 30.7. The van der Waals surface area contributed by atoms with Crippen molar-refractivity contribution in [1.29, 1.82) is 0 Å². The molecule has 2 N–H and O–H groups in total. The zero-order chi connectivity index (χ0) is 13.3. The molecule has 4 nitrogen and oxygen atoms in total. The van der Waals surface area contributed by atoms with E-state index in [0.29, 0.717) is 29.7 Å². The van der Waals surface area contributed by atoms with E-state index in [1.165, 1.54) is 0 Å². The predicted molar refractivity (Wildman–Crippen MR) is 73.6 cm³/mol. The molecule has 2 aliphatic rings. The number of hydrogen-bond acceptors (Lipinski definition) is 4. The Morgan fingerprint density at radius 2 is 2.26 bits per heavy atom. The summed E-state index contributed by atoms with van der Waals surface area (Å²) in [4.78, 5) is 0. The summed E-state index contributed by atoms with van der Waals surface area (Å²) in [5.74, 6) is 0.692. The molecule has 5 heteroatoms. The highest BCUT2D eigenvalue weighted by Crippen LogP contribution is 2.36. The van der Waals surface area contributed by atoms with Crippen molar-refractivity contribution in [2.45, 2.75) is 31.0 Å². The van der Waals surface area contributed by atoms with Crippen LogP contribution in [0, 0.1) is 0 Å². The first-order valence-corrected chi connectivity index (χ1v) is 6.98. The van der Waals surface area contributed by atoms with Crippen LogP contribution < -0.4 is 10.5 Å². The zero-order valence-corrected chi connectivity index (χ0v) is 11.5. The van der Waals surface area contributed by atoms with E-state index in [1.54, 1.807) is 12.1 Å². The second-order valence-corrected chi connectivity index (χ2v) is 5.66. The van der Waals surface area contributed by atoms with Crippen molar-refractivity contribution < 1.29 is 14.2 Å². The van der Waals surface area contributed by atoms with Gasteiger partial charge in [-0.3, -0.25) is 0 Å². The van der Waals surface area contributed by atoms with Crippen LogP contribution in [0.25, 0.3) is 0 Å². The van der Waals surface area contributed by atoms with Crippen molar-refractivity contribution in [3.63, 3.8) is 0 Å². The van der Waals surface area contributed by atoms with Gasteiger partial charge in [-0.05, 0) is 18.2 Å². The van der Waals surface area contributed by atoms with Crippen LogP contribution in [0.3, 0.4) is 0 Å². The summed E-state index contributed by atoms with van der Waals surface area (Å²) in [5.41, 5.74) is 6.17. The first-order valence-electron chi connectivity index (χ1n) is 6.60. The van der Waals surface area contributed by atoms with Crippen molar-refractivity contribution in [3.05, 3.63) is 23.2 Å². The molecule has 2 unspecified atom stereocenters. The molecule has 0 aliphatic carbocycles. The van der Waals surface area contributed by atoms with Gasteiger partial charge < -0.3 is 19.9 Å². The van der Waals surface area contributed by atoms with Crippen LogP contribution in [0.4, 0.5) is 5.69 Å². The lowest BCUT2D eigenvalue weighted by molar-refractivity contribution is -0.112. The Morgan fingerprint density at radius 3 is 3.00 bits per heavy atom. The fourth-order valence-electron chi connectivity index (χ4n) is 2.74. The van der Waals surface area contributed by atoms with E-state index in [0.717, 1.165) is 25.9 Å². The van der Waals surface area contributed by atoms with E-state index < -0.39 is 0 Å². The number of benzene rings is 1. The molecular formula is C14H18ClNO3. The maximum absolute atomic E-state index is 6.14. The predicted octanol–water partition coefficient (Wildman–Crippen LogP) is 2.64. The summed E-state index contributed by atoms with van der Waals surface area (Å²) < 4.78 is 17.3. The Hall–Kier alpha value is -0.970. The van der Waals surface area contributed by atoms with Crippen LogP contribution in [-0.2, 0) is 9.47 Å². The van der Waals surface area contributed by atoms with Gasteiger partial charge in [0.15, 0.2) is 0 Å². The lowest BCUT2D eigenvalue weighted by Gasteiger charge is -2.37. The minimum absolute atomic E-state index is 0.122. The molecule has 2 aliphatic heterocycles. The van der Waals surface area contributed by atoms with E-state index in [-0.39, 0.29) is 11.7 Å². The average molecular weight is 284 g/mol. The van der Waals surface area contributed by atoms with Gasteiger partial charge in [-0.1, -0.05) is 11.6 Å². The van der Waals surface area contributed by atoms with Gasteiger partial charge in [0, 0.05) is 31.6 Å². The van der Waals surface area contributed by atoms with Crippen LogP contribution in [-0.4, -0.2) is 31.5 Å². The second kappa shape index (κ2) is 5.19. The number of halogens is 1. The van der Waals surface area contributed by atoms with Crippen LogP contribution in [0.15, 0.2) is 18.2 Å². The molecule has 2 atom stereocenters. The van der Waals surface area contributed by atoms with Crippen molar-refractivity contribution in [3.8, 4) is 5.75 Å². The van der Waals surface area contributed by atoms with Crippen molar-refractivity contribution in [2.24, 2.45) is 0 Å². The van der Waals surface area contributed by atoms with E-state index >= 15 is 0 Å². The molecule has 104 valence electrons. The third-order valence-corrected chi connectivity index (χ3v) is 4.06.